The summed E-state index contributed by atoms with van der Waals surface area (Å²) in [6.45, 7) is 2.25. The lowest BCUT2D eigenvalue weighted by atomic mass is 10.1. The number of nitriles is 1. The molecule has 0 amide bonds. The van der Waals surface area contributed by atoms with Crippen molar-refractivity contribution in [2.75, 3.05) is 0 Å². The van der Waals surface area contributed by atoms with E-state index in [1.165, 1.54) is 51.0 Å². The first-order valence-electron chi connectivity index (χ1n) is 6.13. The molecule has 0 fully saturated rings. The third-order valence-electron chi connectivity index (χ3n) is 2.39. The molecule has 0 aliphatic carbocycles. The van der Waals surface area contributed by atoms with Crippen molar-refractivity contribution in [1.29, 1.82) is 5.26 Å². The van der Waals surface area contributed by atoms with Crippen LogP contribution >= 0.6 is 0 Å². The molecule has 0 saturated carbocycles. The lowest BCUT2D eigenvalue weighted by molar-refractivity contribution is 0.592. The highest BCUT2D eigenvalue weighted by Crippen LogP contribution is 2.08. The highest BCUT2D eigenvalue weighted by molar-refractivity contribution is 5.11. The van der Waals surface area contributed by atoms with Crippen molar-refractivity contribution >= 4 is 0 Å². The maximum absolute atomic E-state index is 8.24. The van der Waals surface area contributed by atoms with Crippen LogP contribution in [-0.4, -0.2) is 0 Å². The summed E-state index contributed by atoms with van der Waals surface area (Å²) in [5.41, 5.74) is 0. The summed E-state index contributed by atoms with van der Waals surface area (Å²) in [6.07, 6.45) is 18.0. The van der Waals surface area contributed by atoms with E-state index >= 15 is 0 Å². The van der Waals surface area contributed by atoms with Crippen molar-refractivity contribution in [2.24, 2.45) is 0 Å². The topological polar surface area (TPSA) is 23.8 Å². The van der Waals surface area contributed by atoms with E-state index in [2.05, 4.69) is 13.0 Å². The fraction of sp³-hybridized carbons (Fsp3) is 0.643. The first-order valence-corrected chi connectivity index (χ1v) is 6.13. The Labute approximate surface area is 94.5 Å². The van der Waals surface area contributed by atoms with E-state index in [4.69, 9.17) is 5.26 Å². The number of allylic oxidation sites excluding steroid dienone is 4. The summed E-state index contributed by atoms with van der Waals surface area (Å²) in [7, 11) is 0. The minimum absolute atomic E-state index is 1.14. The van der Waals surface area contributed by atoms with Crippen molar-refractivity contribution in [2.45, 2.75) is 58.3 Å². The lowest BCUT2D eigenvalue weighted by Crippen LogP contribution is -1.78. The predicted octanol–water partition coefficient (Wildman–Crippen LogP) is 4.76. The first-order chi connectivity index (χ1) is 7.41. The summed E-state index contributed by atoms with van der Waals surface area (Å²) in [6, 6.07) is 1.97. The van der Waals surface area contributed by atoms with E-state index < -0.39 is 0 Å². The van der Waals surface area contributed by atoms with Gasteiger partial charge in [-0.15, -0.1) is 0 Å². The van der Waals surface area contributed by atoms with Crippen LogP contribution in [0.25, 0.3) is 0 Å². The average molecular weight is 205 g/mol. The molecule has 0 heterocycles. The monoisotopic (exact) mass is 205 g/mol. The molecule has 0 aromatic carbocycles. The van der Waals surface area contributed by atoms with Gasteiger partial charge in [0.15, 0.2) is 0 Å². The van der Waals surface area contributed by atoms with Crippen molar-refractivity contribution in [3.05, 3.63) is 24.3 Å². The van der Waals surface area contributed by atoms with Crippen molar-refractivity contribution in [3.8, 4) is 6.07 Å². The van der Waals surface area contributed by atoms with Gasteiger partial charge in [0.25, 0.3) is 0 Å². The van der Waals surface area contributed by atoms with Gasteiger partial charge in [-0.05, 0) is 12.8 Å². The second-order valence-electron chi connectivity index (χ2n) is 3.83. The van der Waals surface area contributed by atoms with E-state index in [0.29, 0.717) is 0 Å². The number of rotatable bonds is 9. The van der Waals surface area contributed by atoms with E-state index in [9.17, 15) is 0 Å². The SMILES string of the molecule is CCCCCCCCC/C=C/C=CC#N. The Morgan fingerprint density at radius 2 is 1.60 bits per heavy atom. The van der Waals surface area contributed by atoms with Crippen molar-refractivity contribution < 1.29 is 0 Å². The largest absolute Gasteiger partial charge is 0.193 e. The van der Waals surface area contributed by atoms with Gasteiger partial charge in [-0.3, -0.25) is 0 Å². The fourth-order valence-corrected chi connectivity index (χ4v) is 1.49. The minimum atomic E-state index is 1.14. The smallest absolute Gasteiger partial charge is 0.0912 e. The number of hydrogen-bond acceptors (Lipinski definition) is 1. The Morgan fingerprint density at radius 1 is 0.933 bits per heavy atom. The van der Waals surface area contributed by atoms with Crippen LogP contribution in [0.4, 0.5) is 0 Å². The third-order valence-corrected chi connectivity index (χ3v) is 2.39. The molecular formula is C14H23N. The van der Waals surface area contributed by atoms with Crippen LogP contribution in [-0.2, 0) is 0 Å². The van der Waals surface area contributed by atoms with Crippen LogP contribution in [0.15, 0.2) is 24.3 Å². The van der Waals surface area contributed by atoms with Crippen LogP contribution < -0.4 is 0 Å². The quantitative estimate of drug-likeness (QED) is 0.302. The van der Waals surface area contributed by atoms with Crippen LogP contribution in [0, 0.1) is 11.3 Å². The molecule has 0 aromatic heterocycles. The van der Waals surface area contributed by atoms with Gasteiger partial charge < -0.3 is 0 Å². The summed E-state index contributed by atoms with van der Waals surface area (Å²) < 4.78 is 0. The van der Waals surface area contributed by atoms with Gasteiger partial charge in [-0.1, -0.05) is 63.7 Å². The Kier molecular flexibility index (Phi) is 12.1. The molecular weight excluding hydrogens is 182 g/mol. The van der Waals surface area contributed by atoms with Crippen LogP contribution in [0.2, 0.25) is 0 Å². The van der Waals surface area contributed by atoms with Gasteiger partial charge in [-0.2, -0.15) is 5.26 Å². The Bertz CT molecular complexity index is 208. The molecule has 0 rings (SSSR count). The van der Waals surface area contributed by atoms with E-state index in [0.717, 1.165) is 6.42 Å². The zero-order valence-electron chi connectivity index (χ0n) is 9.91. The zero-order valence-corrected chi connectivity index (χ0v) is 9.91. The van der Waals surface area contributed by atoms with Crippen molar-refractivity contribution in [1.82, 2.24) is 0 Å². The summed E-state index contributed by atoms with van der Waals surface area (Å²) in [5.74, 6) is 0. The number of hydrogen-bond donors (Lipinski definition) is 0. The fourth-order valence-electron chi connectivity index (χ4n) is 1.49. The lowest BCUT2D eigenvalue weighted by Gasteiger charge is -1.98. The average Bonchev–Trinajstić information content (AvgIpc) is 2.26. The molecule has 0 bridgehead atoms. The molecule has 1 nitrogen and oxygen atoms in total. The first kappa shape index (κ1) is 14.0. The predicted molar refractivity (Wildman–Crippen MR) is 66.5 cm³/mol. The Morgan fingerprint density at radius 3 is 2.27 bits per heavy atom. The third kappa shape index (κ3) is 13.0. The maximum atomic E-state index is 8.24. The van der Waals surface area contributed by atoms with Crippen molar-refractivity contribution in [3.63, 3.8) is 0 Å². The molecule has 84 valence electrons. The molecule has 0 saturated heterocycles. The highest BCUT2D eigenvalue weighted by Gasteiger charge is 1.88. The van der Waals surface area contributed by atoms with E-state index in [1.807, 2.05) is 12.1 Å². The van der Waals surface area contributed by atoms with Gasteiger partial charge in [0.1, 0.15) is 0 Å². The Hall–Kier alpha value is -1.03. The summed E-state index contributed by atoms with van der Waals surface area (Å²) in [4.78, 5) is 0. The molecule has 15 heavy (non-hydrogen) atoms. The molecule has 1 heteroatoms. The van der Waals surface area contributed by atoms with Gasteiger partial charge in [0.2, 0.25) is 0 Å². The summed E-state index contributed by atoms with van der Waals surface area (Å²) >= 11 is 0. The molecule has 0 aliphatic rings. The van der Waals surface area contributed by atoms with E-state index in [1.54, 1.807) is 6.08 Å². The molecule has 0 atom stereocenters. The molecule has 0 spiro atoms. The molecule has 0 radical (unpaired) electrons. The number of nitrogens with zero attached hydrogens (tertiary/aromatic N) is 1. The van der Waals surface area contributed by atoms with Crippen LogP contribution in [0.3, 0.4) is 0 Å². The highest BCUT2D eigenvalue weighted by atomic mass is 14.2. The van der Waals surface area contributed by atoms with Gasteiger partial charge in [0, 0.05) is 6.08 Å². The molecule has 0 aliphatic heterocycles. The maximum Gasteiger partial charge on any atom is 0.0912 e. The standard InChI is InChI=1S/C14H23N/c1-2-3-4-5-6-7-8-9-10-11-12-13-14-15/h10-13H,2-9H2,1H3/b11-10+,13-12?. The summed E-state index contributed by atoms with van der Waals surface area (Å²) in [5, 5.41) is 8.24. The van der Waals surface area contributed by atoms with Gasteiger partial charge in [0.05, 0.1) is 6.07 Å². The molecule has 0 N–H and O–H groups in total. The van der Waals surface area contributed by atoms with E-state index in [-0.39, 0.29) is 0 Å². The number of unbranched alkanes of at least 4 members (excludes halogenated alkanes) is 7. The minimum Gasteiger partial charge on any atom is -0.193 e. The Balaban J connectivity index is 3.08. The normalized spacial score (nSPS) is 11.2. The zero-order chi connectivity index (χ0) is 11.2. The van der Waals surface area contributed by atoms with Crippen LogP contribution in [0.5, 0.6) is 0 Å². The van der Waals surface area contributed by atoms with Gasteiger partial charge >= 0.3 is 0 Å². The van der Waals surface area contributed by atoms with Crippen LogP contribution in [0.1, 0.15) is 58.3 Å². The second kappa shape index (κ2) is 13.0. The second-order valence-corrected chi connectivity index (χ2v) is 3.83. The molecule has 0 unspecified atom stereocenters. The van der Waals surface area contributed by atoms with Gasteiger partial charge in [-0.25, -0.2) is 0 Å². The molecule has 0 aromatic rings.